The highest BCUT2D eigenvalue weighted by atomic mass is 19.4. The van der Waals surface area contributed by atoms with Gasteiger partial charge in [-0.05, 0) is 43.3 Å². The standard InChI is InChI=1S/C19H15F3N6/c1-12-9-18(19(20,21)22)28(25-12)15-7-5-13(6-8-15)17-11-27(26-24-17)16-4-2-3-14(23)10-16/h2-11H,23H2,1H3. The van der Waals surface area contributed by atoms with E-state index in [4.69, 9.17) is 5.73 Å². The van der Waals surface area contributed by atoms with Gasteiger partial charge in [-0.2, -0.15) is 18.3 Å². The zero-order chi connectivity index (χ0) is 19.9. The van der Waals surface area contributed by atoms with Crippen LogP contribution in [0, 0.1) is 6.92 Å². The first-order valence-corrected chi connectivity index (χ1v) is 8.34. The van der Waals surface area contributed by atoms with E-state index in [-0.39, 0.29) is 0 Å². The van der Waals surface area contributed by atoms with Crippen LogP contribution in [-0.4, -0.2) is 24.8 Å². The van der Waals surface area contributed by atoms with Crippen molar-refractivity contribution >= 4 is 5.69 Å². The van der Waals surface area contributed by atoms with E-state index in [1.807, 2.05) is 12.1 Å². The first kappa shape index (κ1) is 17.8. The molecule has 142 valence electrons. The summed E-state index contributed by atoms with van der Waals surface area (Å²) in [5.74, 6) is 0. The summed E-state index contributed by atoms with van der Waals surface area (Å²) in [6.45, 7) is 1.52. The van der Waals surface area contributed by atoms with Crippen LogP contribution in [0.2, 0.25) is 0 Å². The molecule has 0 aliphatic carbocycles. The maximum absolute atomic E-state index is 13.2. The lowest BCUT2D eigenvalue weighted by molar-refractivity contribution is -0.142. The zero-order valence-electron chi connectivity index (χ0n) is 14.7. The Hall–Kier alpha value is -3.62. The molecule has 0 saturated carbocycles. The summed E-state index contributed by atoms with van der Waals surface area (Å²) in [6, 6.07) is 14.7. The summed E-state index contributed by atoms with van der Waals surface area (Å²) < 4.78 is 42.1. The molecule has 0 aliphatic heterocycles. The Morgan fingerprint density at radius 1 is 0.964 bits per heavy atom. The van der Waals surface area contributed by atoms with Crippen molar-refractivity contribution in [1.29, 1.82) is 0 Å². The van der Waals surface area contributed by atoms with E-state index in [1.165, 1.54) is 6.92 Å². The molecule has 0 fully saturated rings. The van der Waals surface area contributed by atoms with E-state index in [9.17, 15) is 13.2 Å². The summed E-state index contributed by atoms with van der Waals surface area (Å²) in [5.41, 5.74) is 8.24. The monoisotopic (exact) mass is 384 g/mol. The Morgan fingerprint density at radius 2 is 1.71 bits per heavy atom. The highest BCUT2D eigenvalue weighted by Crippen LogP contribution is 2.32. The highest BCUT2D eigenvalue weighted by Gasteiger charge is 2.35. The third kappa shape index (κ3) is 3.34. The minimum atomic E-state index is -4.49. The first-order chi connectivity index (χ1) is 13.3. The molecule has 2 aromatic carbocycles. The van der Waals surface area contributed by atoms with Crippen LogP contribution in [0.3, 0.4) is 0 Å². The quantitative estimate of drug-likeness (QED) is 0.541. The number of alkyl halides is 3. The predicted molar refractivity (Wildman–Crippen MR) is 98.1 cm³/mol. The van der Waals surface area contributed by atoms with Gasteiger partial charge >= 0.3 is 6.18 Å². The second-order valence-corrected chi connectivity index (χ2v) is 6.27. The van der Waals surface area contributed by atoms with E-state index < -0.39 is 11.9 Å². The van der Waals surface area contributed by atoms with Gasteiger partial charge in [-0.15, -0.1) is 5.10 Å². The van der Waals surface area contributed by atoms with Crippen molar-refractivity contribution in [3.8, 4) is 22.6 Å². The minimum Gasteiger partial charge on any atom is -0.399 e. The van der Waals surface area contributed by atoms with Gasteiger partial charge in [-0.1, -0.05) is 23.4 Å². The van der Waals surface area contributed by atoms with Gasteiger partial charge in [-0.25, -0.2) is 9.36 Å². The first-order valence-electron chi connectivity index (χ1n) is 8.34. The average molecular weight is 384 g/mol. The summed E-state index contributed by atoms with van der Waals surface area (Å²) in [4.78, 5) is 0. The molecule has 0 spiro atoms. The van der Waals surface area contributed by atoms with E-state index in [0.717, 1.165) is 22.0 Å². The fraction of sp³-hybridized carbons (Fsp3) is 0.105. The number of benzene rings is 2. The van der Waals surface area contributed by atoms with E-state index in [0.29, 0.717) is 22.8 Å². The number of halogens is 3. The second kappa shape index (κ2) is 6.52. The van der Waals surface area contributed by atoms with Crippen LogP contribution in [0.15, 0.2) is 60.8 Å². The van der Waals surface area contributed by atoms with E-state index in [1.54, 1.807) is 47.3 Å². The van der Waals surface area contributed by atoms with Gasteiger partial charge in [-0.3, -0.25) is 0 Å². The largest absolute Gasteiger partial charge is 0.433 e. The van der Waals surface area contributed by atoms with Crippen molar-refractivity contribution in [2.24, 2.45) is 0 Å². The molecule has 6 nitrogen and oxygen atoms in total. The number of aryl methyl sites for hydroxylation is 1. The molecule has 28 heavy (non-hydrogen) atoms. The summed E-state index contributed by atoms with van der Waals surface area (Å²) in [6.07, 6.45) is -2.76. The Labute approximate surface area is 158 Å². The van der Waals surface area contributed by atoms with Crippen molar-refractivity contribution in [3.63, 3.8) is 0 Å². The smallest absolute Gasteiger partial charge is 0.399 e. The Kier molecular flexibility index (Phi) is 4.14. The molecule has 9 heteroatoms. The van der Waals surface area contributed by atoms with Gasteiger partial charge in [0.05, 0.1) is 23.3 Å². The molecule has 2 aromatic heterocycles. The van der Waals surface area contributed by atoms with Gasteiger partial charge in [0.1, 0.15) is 11.4 Å². The molecule has 0 unspecified atom stereocenters. The fourth-order valence-electron chi connectivity index (χ4n) is 2.86. The lowest BCUT2D eigenvalue weighted by Crippen LogP contribution is -2.13. The van der Waals surface area contributed by atoms with Crippen LogP contribution in [-0.2, 0) is 6.18 Å². The van der Waals surface area contributed by atoms with Crippen molar-refractivity contribution in [3.05, 3.63) is 72.2 Å². The van der Waals surface area contributed by atoms with Gasteiger partial charge in [0.25, 0.3) is 0 Å². The predicted octanol–water partition coefficient (Wildman–Crippen LogP) is 4.03. The van der Waals surface area contributed by atoms with Crippen molar-refractivity contribution in [1.82, 2.24) is 24.8 Å². The minimum absolute atomic E-state index is 0.293. The van der Waals surface area contributed by atoms with Crippen LogP contribution in [0.4, 0.5) is 18.9 Å². The zero-order valence-corrected chi connectivity index (χ0v) is 14.7. The lowest BCUT2D eigenvalue weighted by Gasteiger charge is -2.10. The number of hydrogen-bond donors (Lipinski definition) is 1. The van der Waals surface area contributed by atoms with Gasteiger partial charge in [0.2, 0.25) is 0 Å². The molecule has 0 aliphatic rings. The topological polar surface area (TPSA) is 74.5 Å². The molecule has 0 amide bonds. The number of hydrogen-bond acceptors (Lipinski definition) is 4. The number of rotatable bonds is 3. The molecule has 4 aromatic rings. The number of nitrogen functional groups attached to an aromatic ring is 1. The van der Waals surface area contributed by atoms with Crippen molar-refractivity contribution in [2.45, 2.75) is 13.1 Å². The van der Waals surface area contributed by atoms with Crippen LogP contribution >= 0.6 is 0 Å². The molecule has 0 atom stereocenters. The normalized spacial score (nSPS) is 11.7. The van der Waals surface area contributed by atoms with Gasteiger partial charge in [0.15, 0.2) is 0 Å². The number of nitrogens with zero attached hydrogens (tertiary/aromatic N) is 5. The summed E-state index contributed by atoms with van der Waals surface area (Å²) in [7, 11) is 0. The second-order valence-electron chi connectivity index (χ2n) is 6.27. The van der Waals surface area contributed by atoms with Crippen LogP contribution in [0.25, 0.3) is 22.6 Å². The Balaban J connectivity index is 1.65. The number of aromatic nitrogens is 5. The highest BCUT2D eigenvalue weighted by molar-refractivity contribution is 5.60. The number of nitrogens with two attached hydrogens (primary N) is 1. The molecule has 0 saturated heterocycles. The summed E-state index contributed by atoms with van der Waals surface area (Å²) in [5, 5.41) is 12.2. The molecule has 0 bridgehead atoms. The SMILES string of the molecule is Cc1cc(C(F)(F)F)n(-c2ccc(-c3cn(-c4cccc(N)c4)nn3)cc2)n1. The Bertz CT molecular complexity index is 1130. The third-order valence-electron chi connectivity index (χ3n) is 4.16. The fourth-order valence-corrected chi connectivity index (χ4v) is 2.86. The van der Waals surface area contributed by atoms with E-state index >= 15 is 0 Å². The average Bonchev–Trinajstić information content (AvgIpc) is 3.29. The van der Waals surface area contributed by atoms with E-state index in [2.05, 4.69) is 15.4 Å². The number of anilines is 1. The third-order valence-corrected chi connectivity index (χ3v) is 4.16. The van der Waals surface area contributed by atoms with Crippen molar-refractivity contribution < 1.29 is 13.2 Å². The molecule has 2 heterocycles. The van der Waals surface area contributed by atoms with Gasteiger partial charge in [0, 0.05) is 11.3 Å². The van der Waals surface area contributed by atoms with Crippen LogP contribution in [0.1, 0.15) is 11.4 Å². The van der Waals surface area contributed by atoms with Crippen LogP contribution in [0.5, 0.6) is 0 Å². The van der Waals surface area contributed by atoms with Gasteiger partial charge < -0.3 is 5.73 Å². The maximum atomic E-state index is 13.2. The lowest BCUT2D eigenvalue weighted by atomic mass is 10.1. The molecular formula is C19H15F3N6. The molecular weight excluding hydrogens is 369 g/mol. The molecule has 0 radical (unpaired) electrons. The summed E-state index contributed by atoms with van der Waals surface area (Å²) >= 11 is 0. The van der Waals surface area contributed by atoms with Crippen molar-refractivity contribution in [2.75, 3.05) is 5.73 Å². The molecule has 2 N–H and O–H groups in total. The van der Waals surface area contributed by atoms with Crippen LogP contribution < -0.4 is 5.73 Å². The maximum Gasteiger partial charge on any atom is 0.433 e. The Morgan fingerprint density at radius 3 is 2.39 bits per heavy atom. The molecule has 4 rings (SSSR count).